The lowest BCUT2D eigenvalue weighted by Gasteiger charge is -2.31. The van der Waals surface area contributed by atoms with Crippen molar-refractivity contribution in [1.29, 1.82) is 0 Å². The van der Waals surface area contributed by atoms with Gasteiger partial charge >= 0.3 is 0 Å². The Labute approximate surface area is 123 Å². The molecule has 0 saturated carbocycles. The molecule has 1 atom stereocenters. The van der Waals surface area contributed by atoms with E-state index in [1.165, 1.54) is 5.56 Å². The van der Waals surface area contributed by atoms with Crippen LogP contribution in [0, 0.1) is 0 Å². The van der Waals surface area contributed by atoms with E-state index in [-0.39, 0.29) is 0 Å². The van der Waals surface area contributed by atoms with E-state index < -0.39 is 0 Å². The Kier molecular flexibility index (Phi) is 7.55. The second kappa shape index (κ2) is 8.93. The van der Waals surface area contributed by atoms with Crippen molar-refractivity contribution in [3.8, 4) is 0 Å². The summed E-state index contributed by atoms with van der Waals surface area (Å²) in [7, 11) is 3.71. The molecule has 1 heterocycles. The van der Waals surface area contributed by atoms with Crippen LogP contribution >= 0.6 is 0 Å². The number of pyridine rings is 1. The van der Waals surface area contributed by atoms with Crippen LogP contribution in [0.15, 0.2) is 18.3 Å². The highest BCUT2D eigenvalue weighted by molar-refractivity contribution is 5.41. The summed E-state index contributed by atoms with van der Waals surface area (Å²) in [5.74, 6) is 1.04. The normalized spacial score (nSPS) is 12.7. The van der Waals surface area contributed by atoms with Gasteiger partial charge in [0.15, 0.2) is 0 Å². The standard InChI is InChI=1S/C16H29N3O/c1-6-15(7-2)19(10-11-20-5)16-9-8-14(12-18-16)13(3)17-4/h8-9,12-13,15,17H,6-7,10-11H2,1-5H3. The van der Waals surface area contributed by atoms with E-state index in [4.69, 9.17) is 4.74 Å². The number of nitrogens with one attached hydrogen (secondary N) is 1. The molecule has 0 aliphatic heterocycles. The van der Waals surface area contributed by atoms with E-state index >= 15 is 0 Å². The molecule has 1 unspecified atom stereocenters. The maximum atomic E-state index is 5.23. The number of rotatable bonds is 9. The first-order chi connectivity index (χ1) is 9.67. The minimum atomic E-state index is 0.331. The molecular formula is C16H29N3O. The number of hydrogen-bond donors (Lipinski definition) is 1. The minimum Gasteiger partial charge on any atom is -0.383 e. The Balaban J connectivity index is 2.89. The largest absolute Gasteiger partial charge is 0.383 e. The summed E-state index contributed by atoms with van der Waals surface area (Å²) in [6.07, 6.45) is 4.21. The molecule has 4 nitrogen and oxygen atoms in total. The van der Waals surface area contributed by atoms with Crippen LogP contribution in [0.3, 0.4) is 0 Å². The Morgan fingerprint density at radius 3 is 2.45 bits per heavy atom. The summed E-state index contributed by atoms with van der Waals surface area (Å²) >= 11 is 0. The molecule has 0 fully saturated rings. The number of hydrogen-bond acceptors (Lipinski definition) is 4. The van der Waals surface area contributed by atoms with E-state index in [0.29, 0.717) is 12.1 Å². The van der Waals surface area contributed by atoms with Crippen LogP contribution < -0.4 is 10.2 Å². The minimum absolute atomic E-state index is 0.331. The quantitative estimate of drug-likeness (QED) is 0.754. The molecule has 0 aromatic carbocycles. The van der Waals surface area contributed by atoms with Crippen LogP contribution in [0.1, 0.15) is 45.2 Å². The Bertz CT molecular complexity index is 362. The topological polar surface area (TPSA) is 37.4 Å². The van der Waals surface area contributed by atoms with E-state index in [2.05, 4.69) is 48.1 Å². The van der Waals surface area contributed by atoms with Gasteiger partial charge in [-0.25, -0.2) is 4.98 Å². The monoisotopic (exact) mass is 279 g/mol. The first kappa shape index (κ1) is 16.9. The van der Waals surface area contributed by atoms with Crippen molar-refractivity contribution in [3.63, 3.8) is 0 Å². The molecule has 0 saturated heterocycles. The molecular weight excluding hydrogens is 250 g/mol. The predicted molar refractivity (Wildman–Crippen MR) is 85.3 cm³/mol. The Morgan fingerprint density at radius 2 is 2.00 bits per heavy atom. The van der Waals surface area contributed by atoms with Crippen molar-refractivity contribution in [2.45, 2.75) is 45.7 Å². The van der Waals surface area contributed by atoms with Crippen LogP contribution in [-0.2, 0) is 4.74 Å². The van der Waals surface area contributed by atoms with Crippen molar-refractivity contribution >= 4 is 5.82 Å². The lowest BCUT2D eigenvalue weighted by molar-refractivity contribution is 0.202. The van der Waals surface area contributed by atoms with Gasteiger partial charge in [-0.3, -0.25) is 0 Å². The number of aromatic nitrogens is 1. The van der Waals surface area contributed by atoms with Crippen molar-refractivity contribution in [1.82, 2.24) is 10.3 Å². The van der Waals surface area contributed by atoms with E-state index in [1.54, 1.807) is 7.11 Å². The highest BCUT2D eigenvalue weighted by Gasteiger charge is 2.16. The lowest BCUT2D eigenvalue weighted by Crippen LogP contribution is -2.37. The van der Waals surface area contributed by atoms with Gasteiger partial charge in [0.1, 0.15) is 5.82 Å². The first-order valence-electron chi connectivity index (χ1n) is 7.56. The molecule has 0 spiro atoms. The molecule has 1 aromatic heterocycles. The number of methoxy groups -OCH3 is 1. The van der Waals surface area contributed by atoms with Gasteiger partial charge in [-0.1, -0.05) is 19.9 Å². The molecule has 1 rings (SSSR count). The first-order valence-corrected chi connectivity index (χ1v) is 7.56. The van der Waals surface area contributed by atoms with Crippen molar-refractivity contribution in [3.05, 3.63) is 23.9 Å². The summed E-state index contributed by atoms with van der Waals surface area (Å²) in [6, 6.07) is 5.13. The zero-order valence-corrected chi connectivity index (χ0v) is 13.5. The molecule has 0 aliphatic rings. The number of anilines is 1. The zero-order valence-electron chi connectivity index (χ0n) is 13.5. The van der Waals surface area contributed by atoms with Gasteiger partial charge in [-0.2, -0.15) is 0 Å². The van der Waals surface area contributed by atoms with Gasteiger partial charge in [0, 0.05) is 31.9 Å². The van der Waals surface area contributed by atoms with E-state index in [9.17, 15) is 0 Å². The van der Waals surface area contributed by atoms with E-state index in [0.717, 1.165) is 31.8 Å². The van der Waals surface area contributed by atoms with Crippen LogP contribution in [0.2, 0.25) is 0 Å². The third-order valence-corrected chi connectivity index (χ3v) is 3.92. The molecule has 4 heteroatoms. The summed E-state index contributed by atoms with van der Waals surface area (Å²) in [5.41, 5.74) is 1.22. The molecule has 0 amide bonds. The third kappa shape index (κ3) is 4.46. The highest BCUT2D eigenvalue weighted by atomic mass is 16.5. The zero-order chi connectivity index (χ0) is 15.0. The van der Waals surface area contributed by atoms with Gasteiger partial charge in [-0.05, 0) is 38.4 Å². The van der Waals surface area contributed by atoms with Crippen LogP contribution in [0.25, 0.3) is 0 Å². The molecule has 114 valence electrons. The Morgan fingerprint density at radius 1 is 1.30 bits per heavy atom. The Hall–Kier alpha value is -1.13. The average Bonchev–Trinajstić information content (AvgIpc) is 2.51. The molecule has 0 radical (unpaired) electrons. The summed E-state index contributed by atoms with van der Waals surface area (Å²) in [5, 5.41) is 3.24. The van der Waals surface area contributed by atoms with Crippen molar-refractivity contribution in [2.24, 2.45) is 0 Å². The molecule has 1 N–H and O–H groups in total. The summed E-state index contributed by atoms with van der Waals surface area (Å²) in [6.45, 7) is 8.21. The SMILES string of the molecule is CCC(CC)N(CCOC)c1ccc(C(C)NC)cn1. The highest BCUT2D eigenvalue weighted by Crippen LogP contribution is 2.20. The molecule has 1 aromatic rings. The maximum absolute atomic E-state index is 5.23. The van der Waals surface area contributed by atoms with Gasteiger partial charge in [0.05, 0.1) is 6.61 Å². The van der Waals surface area contributed by atoms with Gasteiger partial charge in [0.2, 0.25) is 0 Å². The van der Waals surface area contributed by atoms with Gasteiger partial charge in [0.25, 0.3) is 0 Å². The fourth-order valence-corrected chi connectivity index (χ4v) is 2.39. The van der Waals surface area contributed by atoms with Crippen LogP contribution in [0.5, 0.6) is 0 Å². The second-order valence-corrected chi connectivity index (χ2v) is 5.12. The maximum Gasteiger partial charge on any atom is 0.128 e. The predicted octanol–water partition coefficient (Wildman–Crippen LogP) is 3.00. The fourth-order valence-electron chi connectivity index (χ4n) is 2.39. The summed E-state index contributed by atoms with van der Waals surface area (Å²) < 4.78 is 5.23. The third-order valence-electron chi connectivity index (χ3n) is 3.92. The second-order valence-electron chi connectivity index (χ2n) is 5.12. The van der Waals surface area contributed by atoms with Gasteiger partial charge in [-0.15, -0.1) is 0 Å². The van der Waals surface area contributed by atoms with Gasteiger partial charge < -0.3 is 15.0 Å². The smallest absolute Gasteiger partial charge is 0.128 e. The molecule has 0 aliphatic carbocycles. The number of ether oxygens (including phenoxy) is 1. The summed E-state index contributed by atoms with van der Waals surface area (Å²) in [4.78, 5) is 7.01. The average molecular weight is 279 g/mol. The van der Waals surface area contributed by atoms with Crippen LogP contribution in [0.4, 0.5) is 5.82 Å². The number of nitrogens with zero attached hydrogens (tertiary/aromatic N) is 2. The molecule has 20 heavy (non-hydrogen) atoms. The fraction of sp³-hybridized carbons (Fsp3) is 0.688. The van der Waals surface area contributed by atoms with Crippen LogP contribution in [-0.4, -0.2) is 38.3 Å². The van der Waals surface area contributed by atoms with Crippen molar-refractivity contribution < 1.29 is 4.74 Å². The van der Waals surface area contributed by atoms with Crippen molar-refractivity contribution in [2.75, 3.05) is 32.2 Å². The van der Waals surface area contributed by atoms with E-state index in [1.807, 2.05) is 13.2 Å². The molecule has 0 bridgehead atoms. The lowest BCUT2D eigenvalue weighted by atomic mass is 10.1.